The summed E-state index contributed by atoms with van der Waals surface area (Å²) >= 11 is 0. The van der Waals surface area contributed by atoms with Crippen LogP contribution >= 0.6 is 0 Å². The number of carbonyl (C=O) groups excluding carboxylic acids is 1. The summed E-state index contributed by atoms with van der Waals surface area (Å²) in [4.78, 5) is 16.3. The van der Waals surface area contributed by atoms with Gasteiger partial charge in [0, 0.05) is 38.0 Å². The van der Waals surface area contributed by atoms with E-state index in [1.165, 1.54) is 39.0 Å². The first-order chi connectivity index (χ1) is 15.4. The number of nitrogens with zero attached hydrogens (tertiary/aromatic N) is 1. The van der Waals surface area contributed by atoms with Gasteiger partial charge in [-0.25, -0.2) is 4.98 Å². The minimum atomic E-state index is -0.275. The molecule has 1 aromatic heterocycles. The molecule has 1 heterocycles. The van der Waals surface area contributed by atoms with Gasteiger partial charge in [-0.05, 0) is 44.4 Å². The summed E-state index contributed by atoms with van der Waals surface area (Å²) in [7, 11) is 1.74. The molecule has 1 aliphatic rings. The van der Waals surface area contributed by atoms with E-state index in [-0.39, 0.29) is 23.9 Å². The van der Waals surface area contributed by atoms with Gasteiger partial charge in [-0.2, -0.15) is 0 Å². The van der Waals surface area contributed by atoms with Gasteiger partial charge in [-0.1, -0.05) is 37.8 Å². The molecule has 2 aromatic rings. The van der Waals surface area contributed by atoms with E-state index >= 15 is 0 Å². The zero-order valence-electron chi connectivity index (χ0n) is 19.8. The van der Waals surface area contributed by atoms with E-state index in [1.54, 1.807) is 7.11 Å². The smallest absolute Gasteiger partial charge is 0.222 e. The maximum absolute atomic E-state index is 11.6. The van der Waals surface area contributed by atoms with Crippen molar-refractivity contribution in [2.24, 2.45) is 0 Å². The van der Waals surface area contributed by atoms with Crippen LogP contribution in [0.25, 0.3) is 10.9 Å². The Morgan fingerprint density at radius 2 is 2.00 bits per heavy atom. The third-order valence-corrected chi connectivity index (χ3v) is 6.26. The zero-order valence-corrected chi connectivity index (χ0v) is 19.8. The average Bonchev–Trinajstić information content (AvgIpc) is 2.78. The van der Waals surface area contributed by atoms with Gasteiger partial charge in [0.1, 0.15) is 11.7 Å². The molecule has 7 nitrogen and oxygen atoms in total. The third kappa shape index (κ3) is 6.26. The fourth-order valence-electron chi connectivity index (χ4n) is 4.51. The molecule has 0 bridgehead atoms. The highest BCUT2D eigenvalue weighted by Crippen LogP contribution is 2.23. The van der Waals surface area contributed by atoms with E-state index in [4.69, 9.17) is 15.1 Å². The van der Waals surface area contributed by atoms with Crippen LogP contribution in [0.5, 0.6) is 0 Å². The van der Waals surface area contributed by atoms with Crippen LogP contribution in [0.1, 0.15) is 63.5 Å². The number of hydrogen-bond donors (Lipinski definition) is 4. The van der Waals surface area contributed by atoms with Crippen molar-refractivity contribution in [1.29, 1.82) is 5.41 Å². The Morgan fingerprint density at radius 3 is 2.66 bits per heavy atom. The summed E-state index contributed by atoms with van der Waals surface area (Å²) in [5.74, 6) is 0.342. The first-order valence-electron chi connectivity index (χ1n) is 11.7. The first kappa shape index (κ1) is 24.1. The number of methoxy groups -OCH3 is 1. The summed E-state index contributed by atoms with van der Waals surface area (Å²) in [6.45, 7) is 6.17. The van der Waals surface area contributed by atoms with Crippen molar-refractivity contribution in [3.8, 4) is 0 Å². The monoisotopic (exact) mass is 439 g/mol. The number of benzene rings is 1. The van der Waals surface area contributed by atoms with E-state index < -0.39 is 0 Å². The van der Waals surface area contributed by atoms with E-state index in [0.717, 1.165) is 22.9 Å². The Kier molecular flexibility index (Phi) is 8.59. The standard InChI is InChI=1S/C25H37N5O2/c1-5-21(29-19-9-7-6-8-10-19)23(32-4)15-27-25-20(24(26)28-17(3)31)14-18-13-16(2)11-12-22(18)30-25/h11-14,19,21,23,29H,5-10,15H2,1-4H3,(H,27,30)(H2,26,28,31)/t21?,23-/m0/s1. The molecule has 1 aliphatic carbocycles. The lowest BCUT2D eigenvalue weighted by molar-refractivity contribution is -0.117. The van der Waals surface area contributed by atoms with E-state index in [9.17, 15) is 4.79 Å². The minimum absolute atomic E-state index is 0.0391. The number of hydrogen-bond acceptors (Lipinski definition) is 6. The van der Waals surface area contributed by atoms with E-state index in [2.05, 4.69) is 22.9 Å². The molecule has 0 aliphatic heterocycles. The fraction of sp³-hybridized carbons (Fsp3) is 0.560. The SMILES string of the molecule is CCC(NC1CCCCC1)[C@H](CNc1nc2ccc(C)cc2cc1C(=N)NC(C)=O)OC. The molecule has 3 rings (SSSR count). The van der Waals surface area contributed by atoms with Gasteiger partial charge in [0.15, 0.2) is 0 Å². The number of nitrogens with one attached hydrogen (secondary N) is 4. The second kappa shape index (κ2) is 11.4. The number of pyridine rings is 1. The van der Waals surface area contributed by atoms with Gasteiger partial charge in [-0.3, -0.25) is 10.2 Å². The largest absolute Gasteiger partial charge is 0.378 e. The number of aromatic nitrogens is 1. The third-order valence-electron chi connectivity index (χ3n) is 6.26. The van der Waals surface area contributed by atoms with Gasteiger partial charge in [0.25, 0.3) is 0 Å². The number of anilines is 1. The predicted molar refractivity (Wildman–Crippen MR) is 130 cm³/mol. The fourth-order valence-corrected chi connectivity index (χ4v) is 4.51. The van der Waals surface area contributed by atoms with Crippen molar-refractivity contribution in [1.82, 2.24) is 15.6 Å². The minimum Gasteiger partial charge on any atom is -0.378 e. The molecule has 1 amide bonds. The predicted octanol–water partition coefficient (Wildman–Crippen LogP) is 4.13. The van der Waals surface area contributed by atoms with Gasteiger partial charge in [0.2, 0.25) is 5.91 Å². The molecule has 1 aromatic carbocycles. The number of amidine groups is 1. The molecule has 0 saturated heterocycles. The zero-order chi connectivity index (χ0) is 23.1. The van der Waals surface area contributed by atoms with Crippen LogP contribution in [-0.2, 0) is 9.53 Å². The molecule has 7 heteroatoms. The lowest BCUT2D eigenvalue weighted by Crippen LogP contribution is -2.49. The van der Waals surface area contributed by atoms with Crippen molar-refractivity contribution >= 4 is 28.5 Å². The molecule has 0 spiro atoms. The molecule has 174 valence electrons. The van der Waals surface area contributed by atoms with Crippen molar-refractivity contribution in [2.45, 2.75) is 77.5 Å². The summed E-state index contributed by atoms with van der Waals surface area (Å²) in [5.41, 5.74) is 2.54. The summed E-state index contributed by atoms with van der Waals surface area (Å²) in [5, 5.41) is 19.1. The summed E-state index contributed by atoms with van der Waals surface area (Å²) in [6, 6.07) is 8.74. The average molecular weight is 440 g/mol. The molecule has 1 unspecified atom stereocenters. The first-order valence-corrected chi connectivity index (χ1v) is 11.7. The number of aryl methyl sites for hydroxylation is 1. The van der Waals surface area contributed by atoms with Crippen molar-refractivity contribution in [3.05, 3.63) is 35.4 Å². The second-order valence-electron chi connectivity index (χ2n) is 8.81. The number of amides is 1. The highest BCUT2D eigenvalue weighted by atomic mass is 16.5. The number of carbonyl (C=O) groups is 1. The Hall–Kier alpha value is -2.51. The molecule has 1 fully saturated rings. The van der Waals surface area contributed by atoms with Crippen LogP contribution in [0.2, 0.25) is 0 Å². The molecule has 32 heavy (non-hydrogen) atoms. The maximum Gasteiger partial charge on any atom is 0.222 e. The quantitative estimate of drug-likeness (QED) is 0.348. The second-order valence-corrected chi connectivity index (χ2v) is 8.81. The van der Waals surface area contributed by atoms with Crippen molar-refractivity contribution < 1.29 is 9.53 Å². The summed E-state index contributed by atoms with van der Waals surface area (Å²) < 4.78 is 5.86. The molecule has 0 radical (unpaired) electrons. The van der Waals surface area contributed by atoms with Crippen LogP contribution in [0, 0.1) is 12.3 Å². The Morgan fingerprint density at radius 1 is 1.25 bits per heavy atom. The van der Waals surface area contributed by atoms with Crippen molar-refractivity contribution in [3.63, 3.8) is 0 Å². The van der Waals surface area contributed by atoms with Crippen LogP contribution in [0.4, 0.5) is 5.82 Å². The molecular weight excluding hydrogens is 402 g/mol. The van der Waals surface area contributed by atoms with Gasteiger partial charge in [0.05, 0.1) is 17.2 Å². The Bertz CT molecular complexity index is 939. The highest BCUT2D eigenvalue weighted by Gasteiger charge is 2.24. The number of ether oxygens (including phenoxy) is 1. The van der Waals surface area contributed by atoms with E-state index in [0.29, 0.717) is 24.0 Å². The molecule has 1 saturated carbocycles. The highest BCUT2D eigenvalue weighted by molar-refractivity contribution is 6.10. The van der Waals surface area contributed by atoms with Gasteiger partial charge >= 0.3 is 0 Å². The number of fused-ring (bicyclic) bond motifs is 1. The maximum atomic E-state index is 11.6. The molecule has 2 atom stereocenters. The van der Waals surface area contributed by atoms with E-state index in [1.807, 2.05) is 31.2 Å². The van der Waals surface area contributed by atoms with Crippen LogP contribution in [-0.4, -0.2) is 48.6 Å². The van der Waals surface area contributed by atoms with Gasteiger partial charge in [-0.15, -0.1) is 0 Å². The lowest BCUT2D eigenvalue weighted by Gasteiger charge is -2.32. The lowest BCUT2D eigenvalue weighted by atomic mass is 9.94. The van der Waals surface area contributed by atoms with Crippen LogP contribution in [0.15, 0.2) is 24.3 Å². The number of rotatable bonds is 9. The van der Waals surface area contributed by atoms with Crippen molar-refractivity contribution in [2.75, 3.05) is 19.0 Å². The van der Waals surface area contributed by atoms with Gasteiger partial charge < -0.3 is 20.7 Å². The normalized spacial score (nSPS) is 16.5. The topological polar surface area (TPSA) is 99.1 Å². The Labute approximate surface area is 191 Å². The Balaban J connectivity index is 1.80. The van der Waals surface area contributed by atoms with Crippen LogP contribution < -0.4 is 16.0 Å². The summed E-state index contributed by atoms with van der Waals surface area (Å²) in [6.07, 6.45) is 7.29. The van der Waals surface area contributed by atoms with Crippen LogP contribution in [0.3, 0.4) is 0 Å². The molecule has 4 N–H and O–H groups in total. The molecular formula is C25H37N5O2.